The number of benzene rings is 2. The molecule has 0 saturated heterocycles. The summed E-state index contributed by atoms with van der Waals surface area (Å²) >= 11 is 0. The van der Waals surface area contributed by atoms with Gasteiger partial charge in [0.05, 0.1) is 5.41 Å². The molecule has 7 nitrogen and oxygen atoms in total. The van der Waals surface area contributed by atoms with Crippen molar-refractivity contribution in [2.45, 2.75) is 40.7 Å². The van der Waals surface area contributed by atoms with Crippen molar-refractivity contribution in [2.24, 2.45) is 5.41 Å². The van der Waals surface area contributed by atoms with Crippen LogP contribution in [0.5, 0.6) is 0 Å². The van der Waals surface area contributed by atoms with E-state index in [1.165, 1.54) is 5.56 Å². The predicted octanol–water partition coefficient (Wildman–Crippen LogP) is 5.99. The molecule has 200 valence electrons. The largest absolute Gasteiger partial charge is 0.369 e. The molecule has 0 radical (unpaired) electrons. The van der Waals surface area contributed by atoms with Crippen LogP contribution in [0, 0.1) is 12.3 Å². The highest BCUT2D eigenvalue weighted by molar-refractivity contribution is 5.85. The summed E-state index contributed by atoms with van der Waals surface area (Å²) in [5.74, 6) is 1.26. The molecular weight excluding hydrogens is 472 g/mol. The zero-order valence-electron chi connectivity index (χ0n) is 23.2. The first-order valence-corrected chi connectivity index (χ1v) is 13.0. The van der Waals surface area contributed by atoms with Crippen molar-refractivity contribution in [3.8, 4) is 11.1 Å². The Morgan fingerprint density at radius 1 is 1.11 bits per heavy atom. The summed E-state index contributed by atoms with van der Waals surface area (Å²) in [5, 5.41) is 13.0. The number of nitrogens with one attached hydrogen (secondary N) is 4. The Hall–Kier alpha value is -3.97. The van der Waals surface area contributed by atoms with Crippen molar-refractivity contribution >= 4 is 23.4 Å². The molecule has 2 aromatic carbocycles. The Bertz CT molecular complexity index is 1260. The molecule has 0 unspecified atom stereocenters. The van der Waals surface area contributed by atoms with Crippen LogP contribution in [0.3, 0.4) is 0 Å². The van der Waals surface area contributed by atoms with Gasteiger partial charge in [0.25, 0.3) is 0 Å². The van der Waals surface area contributed by atoms with E-state index in [-0.39, 0.29) is 5.91 Å². The van der Waals surface area contributed by atoms with Gasteiger partial charge in [0, 0.05) is 30.5 Å². The fourth-order valence-electron chi connectivity index (χ4n) is 3.87. The Balaban J connectivity index is 1.75. The molecule has 1 amide bonds. The van der Waals surface area contributed by atoms with Crippen LogP contribution in [0.4, 0.5) is 17.5 Å². The maximum absolute atomic E-state index is 12.8. The van der Waals surface area contributed by atoms with Crippen molar-refractivity contribution in [2.75, 3.05) is 30.8 Å². The fourth-order valence-corrected chi connectivity index (χ4v) is 3.87. The van der Waals surface area contributed by atoms with Crippen LogP contribution in [-0.2, 0) is 11.3 Å². The van der Waals surface area contributed by atoms with Crippen molar-refractivity contribution in [1.82, 2.24) is 20.6 Å². The van der Waals surface area contributed by atoms with E-state index in [9.17, 15) is 4.79 Å². The number of hydrogen-bond donors (Lipinski definition) is 4. The number of anilines is 3. The molecule has 0 bridgehead atoms. The Morgan fingerprint density at radius 3 is 2.55 bits per heavy atom. The van der Waals surface area contributed by atoms with E-state index in [0.717, 1.165) is 53.3 Å². The number of aromatic nitrogens is 2. The van der Waals surface area contributed by atoms with Gasteiger partial charge in [-0.1, -0.05) is 55.1 Å². The molecular formula is C31H40N6O. The minimum atomic E-state index is -0.675. The van der Waals surface area contributed by atoms with E-state index < -0.39 is 5.41 Å². The van der Waals surface area contributed by atoms with Gasteiger partial charge in [-0.25, -0.2) is 4.98 Å². The molecule has 0 fully saturated rings. The number of allylic oxidation sites excluding steroid dienone is 2. The lowest BCUT2D eigenvalue weighted by Crippen LogP contribution is -2.37. The molecule has 0 aliphatic rings. The van der Waals surface area contributed by atoms with E-state index in [2.05, 4.69) is 51.9 Å². The van der Waals surface area contributed by atoms with Crippen LogP contribution in [0.2, 0.25) is 0 Å². The second kappa shape index (κ2) is 13.5. The number of rotatable bonds is 13. The maximum Gasteiger partial charge on any atom is 0.230 e. The van der Waals surface area contributed by atoms with Crippen molar-refractivity contribution in [1.29, 1.82) is 0 Å². The maximum atomic E-state index is 12.8. The second-order valence-electron chi connectivity index (χ2n) is 9.86. The average molecular weight is 513 g/mol. The first kappa shape index (κ1) is 28.6. The predicted molar refractivity (Wildman–Crippen MR) is 159 cm³/mol. The molecule has 7 heteroatoms. The average Bonchev–Trinajstić information content (AvgIpc) is 2.90. The molecule has 0 aliphatic heterocycles. The lowest BCUT2D eigenvalue weighted by atomic mass is 9.84. The smallest absolute Gasteiger partial charge is 0.230 e. The molecule has 4 N–H and O–H groups in total. The number of amides is 1. The summed E-state index contributed by atoms with van der Waals surface area (Å²) in [7, 11) is 1.95. The van der Waals surface area contributed by atoms with Gasteiger partial charge in [0.2, 0.25) is 11.9 Å². The number of hydrogen-bond acceptors (Lipinski definition) is 6. The quantitative estimate of drug-likeness (QED) is 0.166. The van der Waals surface area contributed by atoms with Crippen molar-refractivity contribution in [3.05, 3.63) is 90.2 Å². The molecule has 0 saturated carbocycles. The summed E-state index contributed by atoms with van der Waals surface area (Å²) in [4.78, 5) is 22.1. The molecule has 3 aromatic rings. The molecule has 1 heterocycles. The lowest BCUT2D eigenvalue weighted by molar-refractivity contribution is -0.127. The van der Waals surface area contributed by atoms with Crippen molar-refractivity contribution in [3.63, 3.8) is 0 Å². The molecule has 3 rings (SSSR count). The molecule has 38 heavy (non-hydrogen) atoms. The summed E-state index contributed by atoms with van der Waals surface area (Å²) in [6.07, 6.45) is 6.59. The second-order valence-corrected chi connectivity index (χ2v) is 9.86. The number of nitrogens with zero attached hydrogens (tertiary/aromatic N) is 2. The van der Waals surface area contributed by atoms with Crippen LogP contribution >= 0.6 is 0 Å². The molecule has 0 atom stereocenters. The van der Waals surface area contributed by atoms with E-state index in [1.54, 1.807) is 0 Å². The SMILES string of the molecule is C=C(/C=C\C)C(C)(C)C(=O)NCc1ccc(-c2cnc(Nc3cccc(C)c3)nc2NCCCNC)cc1. The van der Waals surface area contributed by atoms with Gasteiger partial charge < -0.3 is 21.3 Å². The Kier molecular flexibility index (Phi) is 10.2. The van der Waals surface area contributed by atoms with Crippen molar-refractivity contribution < 1.29 is 4.79 Å². The third-order valence-corrected chi connectivity index (χ3v) is 6.42. The van der Waals surface area contributed by atoms with Gasteiger partial charge in [-0.05, 0) is 82.1 Å². The Morgan fingerprint density at radius 2 is 1.87 bits per heavy atom. The normalized spacial score (nSPS) is 11.4. The van der Waals surface area contributed by atoms with Gasteiger partial charge in [0.15, 0.2) is 0 Å². The minimum Gasteiger partial charge on any atom is -0.369 e. The monoisotopic (exact) mass is 512 g/mol. The first-order chi connectivity index (χ1) is 18.2. The van der Waals surface area contributed by atoms with Gasteiger partial charge in [-0.15, -0.1) is 0 Å². The van der Waals surface area contributed by atoms with E-state index >= 15 is 0 Å². The zero-order valence-corrected chi connectivity index (χ0v) is 23.2. The van der Waals surface area contributed by atoms with Crippen LogP contribution in [0.1, 0.15) is 38.3 Å². The van der Waals surface area contributed by atoms with E-state index in [0.29, 0.717) is 12.5 Å². The highest BCUT2D eigenvalue weighted by Gasteiger charge is 2.29. The standard InChI is InChI=1S/C31H40N6O/c1-7-10-23(3)31(4,5)29(38)34-20-24-13-15-25(16-14-24)27-21-35-30(36-26-12-8-11-22(2)19-26)37-28(27)33-18-9-17-32-6/h7-8,10-16,19,21,32H,3,9,17-18,20H2,1-2,4-6H3,(H,34,38)(H2,33,35,36,37)/b10-7-. The van der Waals surface area contributed by atoms with E-state index in [1.807, 2.05) is 82.6 Å². The third-order valence-electron chi connectivity index (χ3n) is 6.42. The molecule has 0 aliphatic carbocycles. The van der Waals surface area contributed by atoms with Gasteiger partial charge in [-0.3, -0.25) is 4.79 Å². The van der Waals surface area contributed by atoms with Gasteiger partial charge in [-0.2, -0.15) is 4.98 Å². The van der Waals surface area contributed by atoms with Crippen LogP contribution in [0.15, 0.2) is 79.0 Å². The van der Waals surface area contributed by atoms with Gasteiger partial charge >= 0.3 is 0 Å². The number of aryl methyl sites for hydroxylation is 1. The van der Waals surface area contributed by atoms with Gasteiger partial charge in [0.1, 0.15) is 5.82 Å². The fraction of sp³-hybridized carbons (Fsp3) is 0.323. The first-order valence-electron chi connectivity index (χ1n) is 13.0. The molecule has 1 aromatic heterocycles. The van der Waals surface area contributed by atoms with Crippen LogP contribution in [-0.4, -0.2) is 36.0 Å². The third kappa shape index (κ3) is 7.76. The lowest BCUT2D eigenvalue weighted by Gasteiger charge is -2.24. The highest BCUT2D eigenvalue weighted by Crippen LogP contribution is 2.29. The van der Waals surface area contributed by atoms with E-state index in [4.69, 9.17) is 4.98 Å². The summed E-state index contributed by atoms with van der Waals surface area (Å²) in [6, 6.07) is 16.2. The number of carbonyl (C=O) groups is 1. The highest BCUT2D eigenvalue weighted by atomic mass is 16.2. The summed E-state index contributed by atoms with van der Waals surface area (Å²) in [5.41, 5.74) is 5.15. The topological polar surface area (TPSA) is 91.0 Å². The Labute approximate surface area is 226 Å². The number of carbonyl (C=O) groups excluding carboxylic acids is 1. The van der Waals surface area contributed by atoms with Crippen LogP contribution in [0.25, 0.3) is 11.1 Å². The summed E-state index contributed by atoms with van der Waals surface area (Å²) in [6.45, 7) is 13.9. The summed E-state index contributed by atoms with van der Waals surface area (Å²) < 4.78 is 0. The zero-order chi connectivity index (χ0) is 27.5. The minimum absolute atomic E-state index is 0.0529. The van der Waals surface area contributed by atoms with Crippen LogP contribution < -0.4 is 21.3 Å². The molecule has 0 spiro atoms.